The summed E-state index contributed by atoms with van der Waals surface area (Å²) in [4.78, 5) is 12.4. The maximum atomic E-state index is 12.4. The molecule has 0 amide bonds. The van der Waals surface area contributed by atoms with Crippen molar-refractivity contribution in [3.8, 4) is 0 Å². The van der Waals surface area contributed by atoms with Crippen molar-refractivity contribution >= 4 is 5.97 Å². The van der Waals surface area contributed by atoms with Gasteiger partial charge in [0.1, 0.15) is 6.10 Å². The molecule has 0 spiro atoms. The fourth-order valence-corrected chi connectivity index (χ4v) is 2.87. The zero-order valence-corrected chi connectivity index (χ0v) is 15.7. The zero-order chi connectivity index (χ0) is 16.6. The molecule has 2 nitrogen and oxygen atoms in total. The molecule has 22 heavy (non-hydrogen) atoms. The molecule has 2 unspecified atom stereocenters. The molecule has 0 aliphatic heterocycles. The van der Waals surface area contributed by atoms with Crippen LogP contribution in [0.25, 0.3) is 0 Å². The average molecular weight is 313 g/mol. The fourth-order valence-electron chi connectivity index (χ4n) is 2.87. The summed E-state index contributed by atoms with van der Waals surface area (Å²) in [5, 5.41) is 0. The summed E-state index contributed by atoms with van der Waals surface area (Å²) in [6, 6.07) is 0. The quantitative estimate of drug-likeness (QED) is 0.249. The molecule has 0 aromatic rings. The minimum Gasteiger partial charge on any atom is -0.462 e. The molecule has 132 valence electrons. The second-order valence-electron chi connectivity index (χ2n) is 6.65. The van der Waals surface area contributed by atoms with E-state index in [2.05, 4.69) is 27.7 Å². The number of hydrogen-bond acceptors (Lipinski definition) is 2. The highest BCUT2D eigenvalue weighted by atomic mass is 16.5. The Balaban J connectivity index is 4.20. The first-order chi connectivity index (χ1) is 10.7. The Morgan fingerprint density at radius 3 is 1.86 bits per heavy atom. The molecule has 0 saturated heterocycles. The third-order valence-corrected chi connectivity index (χ3v) is 4.52. The third-order valence-electron chi connectivity index (χ3n) is 4.52. The van der Waals surface area contributed by atoms with E-state index in [1.807, 2.05) is 0 Å². The maximum absolute atomic E-state index is 12.4. The van der Waals surface area contributed by atoms with Crippen molar-refractivity contribution in [2.45, 2.75) is 117 Å². The standard InChI is InChI=1S/C20H40O2/c1-5-9-12-13-14-17-19(16-11-7-3)22-20(21)18(8-4)15-10-6-2/h18-19H,5-17H2,1-4H3. The van der Waals surface area contributed by atoms with E-state index in [9.17, 15) is 4.79 Å². The second-order valence-corrected chi connectivity index (χ2v) is 6.65. The van der Waals surface area contributed by atoms with Crippen LogP contribution in [-0.2, 0) is 9.53 Å². The molecule has 2 atom stereocenters. The number of carbonyl (C=O) groups excluding carboxylic acids is 1. The lowest BCUT2D eigenvalue weighted by Gasteiger charge is -2.21. The maximum Gasteiger partial charge on any atom is 0.309 e. The van der Waals surface area contributed by atoms with E-state index in [0.717, 1.165) is 38.5 Å². The first kappa shape index (κ1) is 21.5. The van der Waals surface area contributed by atoms with Crippen LogP contribution in [0.3, 0.4) is 0 Å². The average Bonchev–Trinajstić information content (AvgIpc) is 2.52. The molecule has 0 aliphatic rings. The topological polar surface area (TPSA) is 26.3 Å². The highest BCUT2D eigenvalue weighted by Crippen LogP contribution is 2.20. The lowest BCUT2D eigenvalue weighted by Crippen LogP contribution is -2.24. The summed E-state index contributed by atoms with van der Waals surface area (Å²) in [5.74, 6) is 0.176. The highest BCUT2D eigenvalue weighted by molar-refractivity contribution is 5.72. The molecule has 0 radical (unpaired) electrons. The van der Waals surface area contributed by atoms with Gasteiger partial charge in [-0.2, -0.15) is 0 Å². The number of hydrogen-bond donors (Lipinski definition) is 0. The van der Waals surface area contributed by atoms with Crippen molar-refractivity contribution < 1.29 is 9.53 Å². The van der Waals surface area contributed by atoms with Gasteiger partial charge in [-0.1, -0.05) is 79.1 Å². The summed E-state index contributed by atoms with van der Waals surface area (Å²) in [6.45, 7) is 8.73. The van der Waals surface area contributed by atoms with E-state index in [1.54, 1.807) is 0 Å². The number of ether oxygens (including phenoxy) is 1. The molecule has 0 N–H and O–H groups in total. The molecule has 0 saturated carbocycles. The van der Waals surface area contributed by atoms with Crippen molar-refractivity contribution in [1.29, 1.82) is 0 Å². The summed E-state index contributed by atoms with van der Waals surface area (Å²) < 4.78 is 5.87. The van der Waals surface area contributed by atoms with E-state index in [-0.39, 0.29) is 18.0 Å². The Kier molecular flexibility index (Phi) is 15.0. The van der Waals surface area contributed by atoms with Crippen LogP contribution in [0.15, 0.2) is 0 Å². The van der Waals surface area contributed by atoms with Gasteiger partial charge < -0.3 is 4.74 Å². The predicted octanol–water partition coefficient (Wildman–Crippen LogP) is 6.67. The van der Waals surface area contributed by atoms with E-state index >= 15 is 0 Å². The van der Waals surface area contributed by atoms with Crippen LogP contribution in [0.2, 0.25) is 0 Å². The van der Waals surface area contributed by atoms with Crippen LogP contribution in [0, 0.1) is 5.92 Å². The molecule has 0 aromatic carbocycles. The van der Waals surface area contributed by atoms with Gasteiger partial charge in [-0.3, -0.25) is 4.79 Å². The summed E-state index contributed by atoms with van der Waals surface area (Å²) in [7, 11) is 0. The molecule has 2 heteroatoms. The molecule has 0 bridgehead atoms. The minimum absolute atomic E-state index is 0.0608. The molecular formula is C20H40O2. The molecule has 0 aliphatic carbocycles. The Morgan fingerprint density at radius 1 is 0.727 bits per heavy atom. The summed E-state index contributed by atoms with van der Waals surface area (Å²) in [6.07, 6.45) is 15.2. The number of esters is 1. The smallest absolute Gasteiger partial charge is 0.309 e. The molecule has 0 heterocycles. The van der Waals surface area contributed by atoms with Crippen molar-refractivity contribution in [1.82, 2.24) is 0 Å². The van der Waals surface area contributed by atoms with Crippen LogP contribution in [-0.4, -0.2) is 12.1 Å². The second kappa shape index (κ2) is 15.4. The monoisotopic (exact) mass is 312 g/mol. The predicted molar refractivity (Wildman–Crippen MR) is 96.1 cm³/mol. The van der Waals surface area contributed by atoms with Crippen LogP contribution in [0.1, 0.15) is 111 Å². The summed E-state index contributed by atoms with van der Waals surface area (Å²) >= 11 is 0. The Hall–Kier alpha value is -0.530. The van der Waals surface area contributed by atoms with Gasteiger partial charge in [-0.05, 0) is 32.1 Å². The van der Waals surface area contributed by atoms with Gasteiger partial charge in [0, 0.05) is 0 Å². The number of unbranched alkanes of at least 4 members (excludes halogenated alkanes) is 6. The Bertz CT molecular complexity index is 250. The Morgan fingerprint density at radius 2 is 1.27 bits per heavy atom. The van der Waals surface area contributed by atoms with Gasteiger partial charge in [0.2, 0.25) is 0 Å². The van der Waals surface area contributed by atoms with E-state index in [0.29, 0.717) is 0 Å². The van der Waals surface area contributed by atoms with Gasteiger partial charge in [-0.25, -0.2) is 0 Å². The van der Waals surface area contributed by atoms with Crippen molar-refractivity contribution in [3.63, 3.8) is 0 Å². The third kappa shape index (κ3) is 11.1. The lowest BCUT2D eigenvalue weighted by atomic mass is 9.99. The van der Waals surface area contributed by atoms with Gasteiger partial charge in [0.25, 0.3) is 0 Å². The molecule has 0 aromatic heterocycles. The van der Waals surface area contributed by atoms with Gasteiger partial charge in [0.15, 0.2) is 0 Å². The van der Waals surface area contributed by atoms with Gasteiger partial charge >= 0.3 is 5.97 Å². The van der Waals surface area contributed by atoms with Crippen LogP contribution in [0.4, 0.5) is 0 Å². The first-order valence-electron chi connectivity index (χ1n) is 9.89. The van der Waals surface area contributed by atoms with Gasteiger partial charge in [-0.15, -0.1) is 0 Å². The molecule has 0 rings (SSSR count). The van der Waals surface area contributed by atoms with E-state index in [4.69, 9.17) is 4.74 Å². The van der Waals surface area contributed by atoms with Crippen LogP contribution in [0.5, 0.6) is 0 Å². The minimum atomic E-state index is 0.0608. The SMILES string of the molecule is CCCCCCCC(CCCC)OC(=O)C(CC)CCCC. The summed E-state index contributed by atoms with van der Waals surface area (Å²) in [5.41, 5.74) is 0. The fraction of sp³-hybridized carbons (Fsp3) is 0.950. The van der Waals surface area contributed by atoms with Gasteiger partial charge in [0.05, 0.1) is 5.92 Å². The number of rotatable bonds is 15. The van der Waals surface area contributed by atoms with Crippen molar-refractivity contribution in [2.75, 3.05) is 0 Å². The highest BCUT2D eigenvalue weighted by Gasteiger charge is 2.21. The Labute approximate surface area is 139 Å². The van der Waals surface area contributed by atoms with E-state index < -0.39 is 0 Å². The molecular weight excluding hydrogens is 272 g/mol. The largest absolute Gasteiger partial charge is 0.462 e. The van der Waals surface area contributed by atoms with Crippen molar-refractivity contribution in [2.24, 2.45) is 5.92 Å². The molecule has 0 fully saturated rings. The normalized spacial score (nSPS) is 13.8. The van der Waals surface area contributed by atoms with Crippen LogP contribution < -0.4 is 0 Å². The lowest BCUT2D eigenvalue weighted by molar-refractivity contribution is -0.155. The van der Waals surface area contributed by atoms with E-state index in [1.165, 1.54) is 44.9 Å². The zero-order valence-electron chi connectivity index (χ0n) is 15.7. The first-order valence-corrected chi connectivity index (χ1v) is 9.89. The van der Waals surface area contributed by atoms with Crippen LogP contribution >= 0.6 is 0 Å². The number of carbonyl (C=O) groups is 1. The van der Waals surface area contributed by atoms with Crippen molar-refractivity contribution in [3.05, 3.63) is 0 Å².